The van der Waals surface area contributed by atoms with Gasteiger partial charge in [-0.25, -0.2) is 4.79 Å². The molecule has 0 aliphatic rings. The van der Waals surface area contributed by atoms with Gasteiger partial charge in [-0.15, -0.1) is 0 Å². The Hall–Kier alpha value is -3.14. The summed E-state index contributed by atoms with van der Waals surface area (Å²) in [5.41, 5.74) is 5.72. The van der Waals surface area contributed by atoms with Gasteiger partial charge in [0, 0.05) is 0 Å². The Morgan fingerprint density at radius 1 is 1.08 bits per heavy atom. The van der Waals surface area contributed by atoms with E-state index in [9.17, 15) is 24.3 Å². The van der Waals surface area contributed by atoms with Gasteiger partial charge in [0.25, 0.3) is 0 Å². The molecule has 1 rings (SSSR count). The first kappa shape index (κ1) is 19.9. The van der Waals surface area contributed by atoms with E-state index in [0.29, 0.717) is 0 Å². The summed E-state index contributed by atoms with van der Waals surface area (Å²) in [6.45, 7) is -0.833. The van der Waals surface area contributed by atoms with E-state index >= 15 is 0 Å². The Balaban J connectivity index is 2.55. The molecule has 2 atom stereocenters. The van der Waals surface area contributed by atoms with Crippen LogP contribution in [-0.2, 0) is 25.7 Å². The maximum Gasteiger partial charge on any atom is 0.408 e. The van der Waals surface area contributed by atoms with Gasteiger partial charge in [-0.1, -0.05) is 30.3 Å². The molecule has 0 saturated heterocycles. The quantitative estimate of drug-likeness (QED) is 0.368. The van der Waals surface area contributed by atoms with Crippen molar-refractivity contribution in [2.24, 2.45) is 5.73 Å². The number of carboxylic acids is 1. The van der Waals surface area contributed by atoms with Gasteiger partial charge in [-0.05, 0) is 5.56 Å². The van der Waals surface area contributed by atoms with Crippen molar-refractivity contribution < 1.29 is 34.1 Å². The minimum Gasteiger partial charge on any atom is -0.481 e. The number of carbonyl (C=O) groups excluding carboxylic acids is 3. The summed E-state index contributed by atoms with van der Waals surface area (Å²) in [4.78, 5) is 45.4. The Labute approximate surface area is 143 Å². The summed E-state index contributed by atoms with van der Waals surface area (Å²) in [7, 11) is 0. The number of aliphatic hydroxyl groups is 1. The molecular weight excluding hydrogens is 334 g/mol. The number of hydrogen-bond acceptors (Lipinski definition) is 6. The van der Waals surface area contributed by atoms with E-state index in [1.54, 1.807) is 30.3 Å². The van der Waals surface area contributed by atoms with Gasteiger partial charge in [-0.3, -0.25) is 14.4 Å². The van der Waals surface area contributed by atoms with Gasteiger partial charge >= 0.3 is 12.1 Å². The Kier molecular flexibility index (Phi) is 7.87. The highest BCUT2D eigenvalue weighted by Gasteiger charge is 2.27. The molecule has 0 fully saturated rings. The smallest absolute Gasteiger partial charge is 0.408 e. The fourth-order valence-electron chi connectivity index (χ4n) is 1.77. The average molecular weight is 353 g/mol. The first-order valence-corrected chi connectivity index (χ1v) is 7.23. The number of carboxylic acid groups (broad SMARTS) is 1. The number of benzene rings is 1. The first-order valence-electron chi connectivity index (χ1n) is 7.23. The molecule has 0 aliphatic carbocycles. The molecule has 10 heteroatoms. The predicted molar refractivity (Wildman–Crippen MR) is 84.0 cm³/mol. The number of nitrogens with one attached hydrogen (secondary N) is 2. The largest absolute Gasteiger partial charge is 0.481 e. The normalized spacial score (nSPS) is 12.5. The Bertz CT molecular complexity index is 621. The lowest BCUT2D eigenvalue weighted by molar-refractivity contribution is -0.140. The highest BCUT2D eigenvalue weighted by Crippen LogP contribution is 2.01. The minimum absolute atomic E-state index is 0.0463. The average Bonchev–Trinajstić information content (AvgIpc) is 2.57. The van der Waals surface area contributed by atoms with Crippen LogP contribution in [0, 0.1) is 0 Å². The summed E-state index contributed by atoms with van der Waals surface area (Å²) < 4.78 is 4.90. The molecule has 136 valence electrons. The summed E-state index contributed by atoms with van der Waals surface area (Å²) in [6, 6.07) is 5.86. The number of nitrogens with two attached hydrogens (primary N) is 1. The van der Waals surface area contributed by atoms with E-state index in [1.165, 1.54) is 0 Å². The van der Waals surface area contributed by atoms with Gasteiger partial charge in [0.05, 0.1) is 13.0 Å². The van der Waals surface area contributed by atoms with E-state index < -0.39 is 49.0 Å². The van der Waals surface area contributed by atoms with Crippen molar-refractivity contribution in [1.82, 2.24) is 10.6 Å². The van der Waals surface area contributed by atoms with E-state index in [2.05, 4.69) is 10.6 Å². The van der Waals surface area contributed by atoms with Crippen LogP contribution in [0.5, 0.6) is 0 Å². The van der Waals surface area contributed by atoms with Crippen LogP contribution in [-0.4, -0.2) is 52.8 Å². The van der Waals surface area contributed by atoms with Crippen LogP contribution in [0.15, 0.2) is 30.3 Å². The standard InChI is InChI=1S/C15H19N3O7/c16-13(22)10(6-12(20)21)17-14(23)11(7-19)18-15(24)25-8-9-4-2-1-3-5-9/h1-5,10-11,19H,6-8H2,(H2,16,22)(H,17,23)(H,18,24)(H,20,21)/t10-,11+/m1/s1. The number of alkyl carbamates (subject to hydrolysis) is 1. The van der Waals surface area contributed by atoms with Gasteiger partial charge in [0.1, 0.15) is 18.7 Å². The topological polar surface area (TPSA) is 168 Å². The van der Waals surface area contributed by atoms with Gasteiger partial charge < -0.3 is 31.3 Å². The molecule has 3 amide bonds. The molecule has 6 N–H and O–H groups in total. The van der Waals surface area contributed by atoms with Crippen LogP contribution in [0.25, 0.3) is 0 Å². The number of aliphatic hydroxyl groups excluding tert-OH is 1. The predicted octanol–water partition coefficient (Wildman–Crippen LogP) is -1.28. The van der Waals surface area contributed by atoms with Crippen molar-refractivity contribution >= 4 is 23.9 Å². The van der Waals surface area contributed by atoms with Crippen molar-refractivity contribution in [1.29, 1.82) is 0 Å². The maximum atomic E-state index is 11.9. The van der Waals surface area contributed by atoms with Crippen molar-refractivity contribution in [2.45, 2.75) is 25.1 Å². The fraction of sp³-hybridized carbons (Fsp3) is 0.333. The number of carbonyl (C=O) groups is 4. The zero-order chi connectivity index (χ0) is 18.8. The molecule has 0 aliphatic heterocycles. The zero-order valence-corrected chi connectivity index (χ0v) is 13.2. The van der Waals surface area contributed by atoms with Crippen molar-refractivity contribution in [3.8, 4) is 0 Å². The molecule has 1 aromatic carbocycles. The number of aliphatic carboxylic acids is 1. The maximum absolute atomic E-state index is 11.9. The number of rotatable bonds is 9. The van der Waals surface area contributed by atoms with Gasteiger partial charge in [0.2, 0.25) is 11.8 Å². The molecule has 0 aromatic heterocycles. The third-order valence-electron chi connectivity index (χ3n) is 3.04. The van der Waals surface area contributed by atoms with Crippen molar-refractivity contribution in [3.63, 3.8) is 0 Å². The molecular formula is C15H19N3O7. The van der Waals surface area contributed by atoms with Crippen LogP contribution >= 0.6 is 0 Å². The summed E-state index contributed by atoms with van der Waals surface area (Å²) in [5.74, 6) is -3.37. The van der Waals surface area contributed by atoms with Gasteiger partial charge in [-0.2, -0.15) is 0 Å². The number of amides is 3. The first-order chi connectivity index (χ1) is 11.8. The third kappa shape index (κ3) is 7.31. The Morgan fingerprint density at radius 2 is 1.72 bits per heavy atom. The van der Waals surface area contributed by atoms with Crippen LogP contribution in [0.1, 0.15) is 12.0 Å². The minimum atomic E-state index is -1.47. The molecule has 10 nitrogen and oxygen atoms in total. The van der Waals surface area contributed by atoms with Crippen LogP contribution in [0.2, 0.25) is 0 Å². The highest BCUT2D eigenvalue weighted by molar-refractivity contribution is 5.92. The molecule has 1 aromatic rings. The monoisotopic (exact) mass is 353 g/mol. The summed E-state index contributed by atoms with van der Waals surface area (Å²) >= 11 is 0. The highest BCUT2D eigenvalue weighted by atomic mass is 16.5. The lowest BCUT2D eigenvalue weighted by Gasteiger charge is -2.19. The second-order valence-corrected chi connectivity index (χ2v) is 5.00. The van der Waals surface area contributed by atoms with Crippen molar-refractivity contribution in [3.05, 3.63) is 35.9 Å². The fourth-order valence-corrected chi connectivity index (χ4v) is 1.77. The molecule has 0 heterocycles. The van der Waals surface area contributed by atoms with Crippen LogP contribution in [0.3, 0.4) is 0 Å². The lowest BCUT2D eigenvalue weighted by Crippen LogP contribution is -2.54. The Morgan fingerprint density at radius 3 is 2.24 bits per heavy atom. The van der Waals surface area contributed by atoms with Crippen LogP contribution in [0.4, 0.5) is 4.79 Å². The van der Waals surface area contributed by atoms with E-state index in [-0.39, 0.29) is 6.61 Å². The number of primary amides is 1. The lowest BCUT2D eigenvalue weighted by atomic mass is 10.1. The molecule has 0 bridgehead atoms. The second-order valence-electron chi connectivity index (χ2n) is 5.00. The molecule has 0 unspecified atom stereocenters. The van der Waals surface area contributed by atoms with Crippen LogP contribution < -0.4 is 16.4 Å². The zero-order valence-electron chi connectivity index (χ0n) is 13.2. The summed E-state index contributed by atoms with van der Waals surface area (Å²) in [6.07, 6.45) is -1.69. The number of hydrogen-bond donors (Lipinski definition) is 5. The molecule has 0 saturated carbocycles. The van der Waals surface area contributed by atoms with E-state index in [4.69, 9.17) is 15.6 Å². The third-order valence-corrected chi connectivity index (χ3v) is 3.04. The van der Waals surface area contributed by atoms with E-state index in [1.807, 2.05) is 0 Å². The molecule has 0 spiro atoms. The summed E-state index contributed by atoms with van der Waals surface area (Å²) in [5, 5.41) is 22.0. The SMILES string of the molecule is NC(=O)[C@@H](CC(=O)O)NC(=O)[C@H](CO)NC(=O)OCc1ccccc1. The molecule has 0 radical (unpaired) electrons. The molecule has 25 heavy (non-hydrogen) atoms. The van der Waals surface area contributed by atoms with Gasteiger partial charge in [0.15, 0.2) is 0 Å². The van der Waals surface area contributed by atoms with E-state index in [0.717, 1.165) is 5.56 Å². The number of ether oxygens (including phenoxy) is 1. The second kappa shape index (κ2) is 9.88. The van der Waals surface area contributed by atoms with Crippen molar-refractivity contribution in [2.75, 3.05) is 6.61 Å².